The second kappa shape index (κ2) is 7.12. The fourth-order valence-corrected chi connectivity index (χ4v) is 3.59. The lowest BCUT2D eigenvalue weighted by atomic mass is 9.88. The highest BCUT2D eigenvalue weighted by Gasteiger charge is 2.26. The third kappa shape index (κ3) is 3.26. The molecule has 0 atom stereocenters. The number of carbonyl (C=O) groups is 1. The van der Waals surface area contributed by atoms with E-state index in [1.54, 1.807) is 0 Å². The van der Waals surface area contributed by atoms with Crippen LogP contribution >= 0.6 is 0 Å². The maximum absolute atomic E-state index is 14.6. The quantitative estimate of drug-likeness (QED) is 0.713. The first-order valence-corrected chi connectivity index (χ1v) is 8.86. The van der Waals surface area contributed by atoms with E-state index in [9.17, 15) is 13.6 Å². The molecule has 28 heavy (non-hydrogen) atoms. The molecule has 1 amide bonds. The van der Waals surface area contributed by atoms with Crippen LogP contribution in [0, 0.1) is 11.6 Å². The molecule has 0 spiro atoms. The number of anilines is 2. The van der Waals surface area contributed by atoms with Gasteiger partial charge >= 0.3 is 0 Å². The van der Waals surface area contributed by atoms with Crippen molar-refractivity contribution in [1.29, 1.82) is 0 Å². The summed E-state index contributed by atoms with van der Waals surface area (Å²) in [7, 11) is 2.02. The molecular weight excluding hydrogens is 368 g/mol. The van der Waals surface area contributed by atoms with Gasteiger partial charge in [0, 0.05) is 5.56 Å². The van der Waals surface area contributed by atoms with Crippen molar-refractivity contribution in [2.45, 2.75) is 18.8 Å². The van der Waals surface area contributed by atoms with E-state index in [4.69, 9.17) is 5.73 Å². The minimum absolute atomic E-state index is 0.00131. The summed E-state index contributed by atoms with van der Waals surface area (Å²) in [5.74, 6) is -1.79. The van der Waals surface area contributed by atoms with E-state index in [0.29, 0.717) is 11.3 Å². The van der Waals surface area contributed by atoms with Gasteiger partial charge in [-0.05, 0) is 38.9 Å². The van der Waals surface area contributed by atoms with E-state index in [2.05, 4.69) is 25.3 Å². The van der Waals surface area contributed by atoms with Crippen molar-refractivity contribution in [3.05, 3.63) is 47.5 Å². The summed E-state index contributed by atoms with van der Waals surface area (Å²) in [4.78, 5) is 22.8. The van der Waals surface area contributed by atoms with Gasteiger partial charge in [-0.2, -0.15) is 0 Å². The van der Waals surface area contributed by atoms with Gasteiger partial charge < -0.3 is 16.0 Å². The molecule has 0 saturated carbocycles. The van der Waals surface area contributed by atoms with Gasteiger partial charge in [0.05, 0.1) is 30.5 Å². The second-order valence-corrected chi connectivity index (χ2v) is 6.91. The van der Waals surface area contributed by atoms with Crippen molar-refractivity contribution in [3.63, 3.8) is 0 Å². The summed E-state index contributed by atoms with van der Waals surface area (Å²) in [5, 5.41) is 6.60. The summed E-state index contributed by atoms with van der Waals surface area (Å²) in [5.41, 5.74) is 6.67. The van der Waals surface area contributed by atoms with E-state index in [1.165, 1.54) is 6.20 Å². The molecule has 1 aliphatic rings. The second-order valence-electron chi connectivity index (χ2n) is 6.91. The Morgan fingerprint density at radius 3 is 2.75 bits per heavy atom. The number of nitrogens with one attached hydrogen (secondary N) is 1. The van der Waals surface area contributed by atoms with E-state index in [1.807, 2.05) is 7.05 Å². The van der Waals surface area contributed by atoms with Crippen LogP contribution in [0.5, 0.6) is 0 Å². The Labute approximate surface area is 159 Å². The molecule has 1 saturated heterocycles. The Bertz CT molecular complexity index is 1040. The van der Waals surface area contributed by atoms with Crippen LogP contribution in [-0.4, -0.2) is 50.5 Å². The van der Waals surface area contributed by atoms with Crippen LogP contribution in [-0.2, 0) is 0 Å². The van der Waals surface area contributed by atoms with E-state index < -0.39 is 17.5 Å². The average Bonchev–Trinajstić information content (AvgIpc) is 2.98. The maximum atomic E-state index is 14.6. The Morgan fingerprint density at radius 1 is 1.25 bits per heavy atom. The largest absolute Gasteiger partial charge is 0.381 e. The first-order chi connectivity index (χ1) is 13.4. The number of nitrogen functional groups attached to an aromatic ring is 1. The molecule has 3 N–H and O–H groups in total. The molecule has 8 nitrogen and oxygen atoms in total. The van der Waals surface area contributed by atoms with Crippen LogP contribution < -0.4 is 11.1 Å². The van der Waals surface area contributed by atoms with Gasteiger partial charge in [-0.1, -0.05) is 0 Å². The molecule has 1 fully saturated rings. The van der Waals surface area contributed by atoms with Gasteiger partial charge in [-0.3, -0.25) is 9.78 Å². The molecule has 0 aliphatic carbocycles. The predicted molar refractivity (Wildman–Crippen MR) is 99.0 cm³/mol. The van der Waals surface area contributed by atoms with Crippen LogP contribution in [0.2, 0.25) is 0 Å². The smallest absolute Gasteiger partial charge is 0.263 e. The zero-order valence-electron chi connectivity index (χ0n) is 15.2. The monoisotopic (exact) mass is 387 g/mol. The summed E-state index contributed by atoms with van der Waals surface area (Å²) >= 11 is 0. The Kier molecular flexibility index (Phi) is 4.63. The number of aromatic nitrogens is 4. The van der Waals surface area contributed by atoms with E-state index >= 15 is 0 Å². The van der Waals surface area contributed by atoms with Crippen LogP contribution in [0.15, 0.2) is 24.8 Å². The highest BCUT2D eigenvalue weighted by atomic mass is 19.1. The van der Waals surface area contributed by atoms with Crippen LogP contribution in [0.25, 0.3) is 5.65 Å². The number of likely N-dealkylation sites (tertiary alicyclic amines) is 1. The number of nitrogens with two attached hydrogens (primary N) is 1. The Balaban J connectivity index is 1.68. The molecule has 146 valence electrons. The maximum Gasteiger partial charge on any atom is 0.263 e. The Morgan fingerprint density at radius 2 is 2.00 bits per heavy atom. The van der Waals surface area contributed by atoms with Crippen molar-refractivity contribution in [1.82, 2.24) is 24.5 Å². The standard InChI is InChI=1S/C18H19F2N7O/c1-26-4-2-10(3-5-26)14-12(20)7-22-8-13(14)24-18(28)15-16(21)25-27-9-11(19)6-23-17(15)27/h6-10H,2-5H2,1H3,(H2,21,25)(H,24,28). The first-order valence-electron chi connectivity index (χ1n) is 8.86. The highest BCUT2D eigenvalue weighted by molar-refractivity contribution is 6.11. The van der Waals surface area contributed by atoms with Gasteiger partial charge in [0.2, 0.25) is 0 Å². The van der Waals surface area contributed by atoms with Gasteiger partial charge in [0.15, 0.2) is 17.3 Å². The number of nitrogens with zero attached hydrogens (tertiary/aromatic N) is 5. The van der Waals surface area contributed by atoms with Crippen molar-refractivity contribution >= 4 is 23.1 Å². The number of piperidine rings is 1. The van der Waals surface area contributed by atoms with Crippen molar-refractivity contribution < 1.29 is 13.6 Å². The van der Waals surface area contributed by atoms with Crippen molar-refractivity contribution in [2.75, 3.05) is 31.2 Å². The third-order valence-electron chi connectivity index (χ3n) is 5.01. The molecular formula is C18H19F2N7O. The zero-order chi connectivity index (χ0) is 19.8. The molecule has 4 rings (SSSR count). The molecule has 0 unspecified atom stereocenters. The fourth-order valence-electron chi connectivity index (χ4n) is 3.59. The summed E-state index contributed by atoms with van der Waals surface area (Å²) < 4.78 is 29.0. The van der Waals surface area contributed by atoms with Crippen molar-refractivity contribution in [3.8, 4) is 0 Å². The van der Waals surface area contributed by atoms with Crippen LogP contribution in [0.1, 0.15) is 34.7 Å². The van der Waals surface area contributed by atoms with Gasteiger partial charge in [-0.25, -0.2) is 18.3 Å². The number of fused-ring (bicyclic) bond motifs is 1. The van der Waals surface area contributed by atoms with Crippen LogP contribution in [0.3, 0.4) is 0 Å². The SMILES string of the molecule is CN1CCC(c2c(F)cncc2NC(=O)c2c(N)nn3cc(F)cnc23)CC1. The minimum atomic E-state index is -0.610. The molecule has 0 bridgehead atoms. The number of amides is 1. The first kappa shape index (κ1) is 18.2. The van der Waals surface area contributed by atoms with Gasteiger partial charge in [0.1, 0.15) is 11.4 Å². The molecule has 1 aliphatic heterocycles. The lowest BCUT2D eigenvalue weighted by Crippen LogP contribution is -2.30. The third-order valence-corrected chi connectivity index (χ3v) is 5.01. The lowest BCUT2D eigenvalue weighted by Gasteiger charge is -2.30. The molecule has 3 aromatic rings. The number of hydrogen-bond acceptors (Lipinski definition) is 6. The number of rotatable bonds is 3. The average molecular weight is 387 g/mol. The number of carbonyl (C=O) groups excluding carboxylic acids is 1. The number of pyridine rings is 1. The molecule has 3 aromatic heterocycles. The number of hydrogen-bond donors (Lipinski definition) is 2. The molecule has 0 radical (unpaired) electrons. The van der Waals surface area contributed by atoms with Crippen molar-refractivity contribution in [2.24, 2.45) is 0 Å². The Hall–Kier alpha value is -3.14. The summed E-state index contributed by atoms with van der Waals surface area (Å²) in [6.45, 7) is 1.69. The van der Waals surface area contributed by atoms with Gasteiger partial charge in [0.25, 0.3) is 5.91 Å². The van der Waals surface area contributed by atoms with Gasteiger partial charge in [-0.15, -0.1) is 5.10 Å². The topological polar surface area (TPSA) is 101 Å². The molecule has 10 heteroatoms. The van der Waals surface area contributed by atoms with E-state index in [-0.39, 0.29) is 22.9 Å². The van der Waals surface area contributed by atoms with Crippen LogP contribution in [0.4, 0.5) is 20.3 Å². The minimum Gasteiger partial charge on any atom is -0.381 e. The molecule has 4 heterocycles. The summed E-state index contributed by atoms with van der Waals surface area (Å²) in [6.07, 6.45) is 6.17. The predicted octanol–water partition coefficient (Wildman–Crippen LogP) is 2.05. The highest BCUT2D eigenvalue weighted by Crippen LogP contribution is 2.34. The lowest BCUT2D eigenvalue weighted by molar-refractivity contribution is 0.102. The number of halogens is 2. The summed E-state index contributed by atoms with van der Waals surface area (Å²) in [6, 6.07) is 0. The normalized spacial score (nSPS) is 15.8. The molecule has 0 aromatic carbocycles. The fraction of sp³-hybridized carbons (Fsp3) is 0.333. The zero-order valence-corrected chi connectivity index (χ0v) is 15.2. The van der Waals surface area contributed by atoms with E-state index in [0.717, 1.165) is 49.0 Å².